The average molecular weight is 332 g/mol. The molecule has 2 aliphatic rings. The Kier molecular flexibility index (Phi) is 2.53. The summed E-state index contributed by atoms with van der Waals surface area (Å²) in [5.74, 6) is -0.799. The van der Waals surface area contributed by atoms with Gasteiger partial charge in [-0.15, -0.1) is 0 Å². The Hall–Kier alpha value is -3.47. The van der Waals surface area contributed by atoms with E-state index in [9.17, 15) is 20.1 Å². The fourth-order valence-corrected chi connectivity index (χ4v) is 3.78. The number of benzene rings is 3. The molecule has 3 N–H and O–H groups in total. The van der Waals surface area contributed by atoms with Crippen LogP contribution in [-0.2, 0) is 0 Å². The first-order valence-electron chi connectivity index (χ1n) is 7.79. The smallest absolute Gasteiger partial charge is 0.201 e. The molecule has 122 valence electrons. The summed E-state index contributed by atoms with van der Waals surface area (Å²) in [6.45, 7) is 0. The summed E-state index contributed by atoms with van der Waals surface area (Å²) in [4.78, 5) is 12.9. The standard InChI is InChI=1S/C20H12O5/c21-9-7-13-17-15(8-9)25-20-12(5-6-14(22)19(20)24)16(17)10-3-1-2-4-11(10)18(13)23/h1-8,16,21-22,24H. The molecule has 1 aliphatic heterocycles. The van der Waals surface area contributed by atoms with Gasteiger partial charge in [0.25, 0.3) is 0 Å². The first-order chi connectivity index (χ1) is 12.1. The number of phenols is 3. The quantitative estimate of drug-likeness (QED) is 0.377. The summed E-state index contributed by atoms with van der Waals surface area (Å²) < 4.78 is 5.76. The lowest BCUT2D eigenvalue weighted by molar-refractivity contribution is 0.103. The summed E-state index contributed by atoms with van der Waals surface area (Å²) in [6.07, 6.45) is 0. The van der Waals surface area contributed by atoms with Crippen LogP contribution >= 0.6 is 0 Å². The highest BCUT2D eigenvalue weighted by atomic mass is 16.5. The molecule has 0 radical (unpaired) electrons. The van der Waals surface area contributed by atoms with Crippen LogP contribution in [0, 0.1) is 0 Å². The first-order valence-corrected chi connectivity index (χ1v) is 7.79. The molecule has 0 amide bonds. The fraction of sp³-hybridized carbons (Fsp3) is 0.0500. The van der Waals surface area contributed by atoms with E-state index < -0.39 is 0 Å². The van der Waals surface area contributed by atoms with E-state index in [2.05, 4.69) is 0 Å². The molecule has 0 bridgehead atoms. The van der Waals surface area contributed by atoms with Gasteiger partial charge in [-0.2, -0.15) is 0 Å². The van der Waals surface area contributed by atoms with Gasteiger partial charge in [0.15, 0.2) is 17.3 Å². The largest absolute Gasteiger partial charge is 0.508 e. The third-order valence-electron chi connectivity index (χ3n) is 4.84. The maximum absolute atomic E-state index is 12.9. The number of rotatable bonds is 0. The van der Waals surface area contributed by atoms with Crippen LogP contribution in [-0.4, -0.2) is 21.1 Å². The van der Waals surface area contributed by atoms with Crippen molar-refractivity contribution in [2.24, 2.45) is 0 Å². The van der Waals surface area contributed by atoms with Crippen LogP contribution in [0.4, 0.5) is 0 Å². The van der Waals surface area contributed by atoms with Gasteiger partial charge in [-0.25, -0.2) is 0 Å². The molecule has 0 saturated heterocycles. The monoisotopic (exact) mass is 332 g/mol. The number of ketones is 1. The van der Waals surface area contributed by atoms with E-state index in [1.807, 2.05) is 12.1 Å². The topological polar surface area (TPSA) is 87.0 Å². The van der Waals surface area contributed by atoms with Gasteiger partial charge in [0.1, 0.15) is 11.5 Å². The Bertz CT molecular complexity index is 1080. The Morgan fingerprint density at radius 1 is 0.880 bits per heavy atom. The van der Waals surface area contributed by atoms with E-state index in [4.69, 9.17) is 4.74 Å². The SMILES string of the molecule is O=C1c2ccccc2C2c3ccc(O)c(O)c3Oc3cc(O)cc1c32. The van der Waals surface area contributed by atoms with Crippen molar-refractivity contribution in [2.75, 3.05) is 0 Å². The number of carbonyl (C=O) groups is 1. The van der Waals surface area contributed by atoms with Crippen molar-refractivity contribution in [1.82, 2.24) is 0 Å². The summed E-state index contributed by atoms with van der Waals surface area (Å²) >= 11 is 0. The van der Waals surface area contributed by atoms with Crippen LogP contribution in [0.15, 0.2) is 48.5 Å². The third-order valence-corrected chi connectivity index (χ3v) is 4.84. The summed E-state index contributed by atoms with van der Waals surface area (Å²) in [7, 11) is 0. The minimum absolute atomic E-state index is 0.0941. The van der Waals surface area contributed by atoms with E-state index in [0.29, 0.717) is 28.0 Å². The molecule has 3 aromatic rings. The molecular weight excluding hydrogens is 320 g/mol. The summed E-state index contributed by atoms with van der Waals surface area (Å²) in [5, 5.41) is 30.0. The lowest BCUT2D eigenvalue weighted by Gasteiger charge is -2.34. The van der Waals surface area contributed by atoms with E-state index in [1.165, 1.54) is 18.2 Å². The zero-order valence-electron chi connectivity index (χ0n) is 12.9. The lowest BCUT2D eigenvalue weighted by atomic mass is 9.72. The van der Waals surface area contributed by atoms with Gasteiger partial charge in [0.2, 0.25) is 5.75 Å². The molecule has 5 nitrogen and oxygen atoms in total. The Balaban J connectivity index is 1.92. The van der Waals surface area contributed by atoms with Crippen molar-refractivity contribution in [3.63, 3.8) is 0 Å². The Labute approximate surface area is 142 Å². The predicted molar refractivity (Wildman–Crippen MR) is 88.8 cm³/mol. The van der Waals surface area contributed by atoms with Crippen molar-refractivity contribution in [3.05, 3.63) is 76.3 Å². The van der Waals surface area contributed by atoms with Crippen LogP contribution in [0.1, 0.15) is 38.5 Å². The number of hydrogen-bond acceptors (Lipinski definition) is 5. The van der Waals surface area contributed by atoms with Gasteiger partial charge in [-0.3, -0.25) is 4.79 Å². The van der Waals surface area contributed by atoms with Crippen LogP contribution in [0.3, 0.4) is 0 Å². The van der Waals surface area contributed by atoms with Gasteiger partial charge < -0.3 is 20.1 Å². The molecule has 1 unspecified atom stereocenters. The molecule has 0 fully saturated rings. The van der Waals surface area contributed by atoms with Crippen LogP contribution in [0.2, 0.25) is 0 Å². The van der Waals surface area contributed by atoms with Gasteiger partial charge in [0, 0.05) is 34.2 Å². The molecule has 1 atom stereocenters. The van der Waals surface area contributed by atoms with Crippen molar-refractivity contribution >= 4 is 5.78 Å². The zero-order valence-corrected chi connectivity index (χ0v) is 12.9. The van der Waals surface area contributed by atoms with E-state index in [1.54, 1.807) is 18.2 Å². The van der Waals surface area contributed by atoms with Crippen molar-refractivity contribution in [3.8, 4) is 28.7 Å². The molecule has 3 aromatic carbocycles. The summed E-state index contributed by atoms with van der Waals surface area (Å²) in [6, 6.07) is 13.2. The molecule has 1 aliphatic carbocycles. The minimum atomic E-state index is -0.359. The highest BCUT2D eigenvalue weighted by Crippen LogP contribution is 2.56. The van der Waals surface area contributed by atoms with Gasteiger partial charge in [-0.1, -0.05) is 30.3 Å². The lowest BCUT2D eigenvalue weighted by Crippen LogP contribution is -2.23. The van der Waals surface area contributed by atoms with Crippen molar-refractivity contribution < 1.29 is 24.9 Å². The maximum Gasteiger partial charge on any atom is 0.201 e. The molecule has 5 rings (SSSR count). The van der Waals surface area contributed by atoms with Gasteiger partial charge in [-0.05, 0) is 17.7 Å². The number of fused-ring (bicyclic) bond motifs is 4. The number of ether oxygens (including phenoxy) is 1. The molecule has 0 spiro atoms. The van der Waals surface area contributed by atoms with E-state index in [0.717, 1.165) is 5.56 Å². The average Bonchev–Trinajstić information content (AvgIpc) is 2.61. The van der Waals surface area contributed by atoms with Gasteiger partial charge >= 0.3 is 0 Å². The zero-order chi connectivity index (χ0) is 17.3. The fourth-order valence-electron chi connectivity index (χ4n) is 3.78. The molecule has 0 aromatic heterocycles. The number of aromatic hydroxyl groups is 3. The van der Waals surface area contributed by atoms with Crippen LogP contribution in [0.25, 0.3) is 0 Å². The normalized spacial score (nSPS) is 16.5. The third kappa shape index (κ3) is 1.69. The molecule has 25 heavy (non-hydrogen) atoms. The predicted octanol–water partition coefficient (Wildman–Crippen LogP) is 3.63. The highest BCUT2D eigenvalue weighted by molar-refractivity contribution is 6.14. The number of hydrogen-bond donors (Lipinski definition) is 3. The van der Waals surface area contributed by atoms with Crippen molar-refractivity contribution in [2.45, 2.75) is 5.92 Å². The van der Waals surface area contributed by atoms with E-state index >= 15 is 0 Å². The summed E-state index contributed by atoms with van der Waals surface area (Å²) in [5.41, 5.74) is 3.07. The maximum atomic E-state index is 12.9. The first kappa shape index (κ1) is 13.9. The van der Waals surface area contributed by atoms with Crippen LogP contribution < -0.4 is 4.74 Å². The Morgan fingerprint density at radius 3 is 2.52 bits per heavy atom. The Morgan fingerprint density at radius 2 is 1.68 bits per heavy atom. The van der Waals surface area contributed by atoms with E-state index in [-0.39, 0.29) is 34.7 Å². The molecule has 0 saturated carbocycles. The highest BCUT2D eigenvalue weighted by Gasteiger charge is 2.40. The molecule has 1 heterocycles. The van der Waals surface area contributed by atoms with Gasteiger partial charge in [0.05, 0.1) is 0 Å². The second-order valence-electron chi connectivity index (χ2n) is 6.21. The van der Waals surface area contributed by atoms with Crippen molar-refractivity contribution in [1.29, 1.82) is 0 Å². The number of carbonyl (C=O) groups excluding carboxylic acids is 1. The minimum Gasteiger partial charge on any atom is -0.508 e. The second kappa shape index (κ2) is 4.54. The number of phenolic OH excluding ortho intramolecular Hbond substituents is 3. The molecular formula is C20H12O5. The molecule has 5 heteroatoms. The second-order valence-corrected chi connectivity index (χ2v) is 6.21. The van der Waals surface area contributed by atoms with Crippen LogP contribution in [0.5, 0.6) is 28.7 Å².